The van der Waals surface area contributed by atoms with Crippen LogP contribution in [0, 0.1) is 10.1 Å². The molecule has 2 N–H and O–H groups in total. The molecular weight excluding hydrogens is 274 g/mol. The summed E-state index contributed by atoms with van der Waals surface area (Å²) in [6, 6.07) is 1.58. The van der Waals surface area contributed by atoms with Crippen molar-refractivity contribution in [3.05, 3.63) is 28.4 Å². The minimum atomic E-state index is -1.21. The van der Waals surface area contributed by atoms with E-state index in [0.717, 1.165) is 11.8 Å². The van der Waals surface area contributed by atoms with E-state index < -0.39 is 22.8 Å². The third kappa shape index (κ3) is 4.54. The molecule has 0 aliphatic rings. The standard InChI is InChI=1S/C10H11N3O5S/c1-6(14)12-7(10(15)16)5-19-9-8(13(17)18)3-2-4-11-9/h2-4,7H,5H2,1H3,(H,12,14)(H,15,16). The van der Waals surface area contributed by atoms with Crippen molar-refractivity contribution >= 4 is 29.3 Å². The molecule has 0 spiro atoms. The van der Waals surface area contributed by atoms with E-state index >= 15 is 0 Å². The van der Waals surface area contributed by atoms with Crippen molar-refractivity contribution in [1.29, 1.82) is 0 Å². The number of pyridine rings is 1. The molecule has 0 fully saturated rings. The summed E-state index contributed by atoms with van der Waals surface area (Å²) < 4.78 is 0. The molecule has 0 aromatic carbocycles. The molecule has 0 saturated carbocycles. The van der Waals surface area contributed by atoms with Gasteiger partial charge in [0, 0.05) is 24.9 Å². The lowest BCUT2D eigenvalue weighted by molar-refractivity contribution is -0.388. The fourth-order valence-corrected chi connectivity index (χ4v) is 2.19. The van der Waals surface area contributed by atoms with Gasteiger partial charge in [0.2, 0.25) is 5.91 Å². The quantitative estimate of drug-likeness (QED) is 0.447. The first-order chi connectivity index (χ1) is 8.91. The number of rotatable bonds is 6. The van der Waals surface area contributed by atoms with Crippen molar-refractivity contribution in [2.24, 2.45) is 0 Å². The number of thioether (sulfide) groups is 1. The van der Waals surface area contributed by atoms with E-state index in [1.165, 1.54) is 25.3 Å². The number of nitrogens with zero attached hydrogens (tertiary/aromatic N) is 2. The van der Waals surface area contributed by atoms with Crippen molar-refractivity contribution in [2.45, 2.75) is 18.0 Å². The van der Waals surface area contributed by atoms with Gasteiger partial charge in [-0.2, -0.15) is 0 Å². The fraction of sp³-hybridized carbons (Fsp3) is 0.300. The first kappa shape index (κ1) is 14.9. The Bertz CT molecular complexity index is 508. The van der Waals surface area contributed by atoms with Crippen LogP contribution in [0.2, 0.25) is 0 Å². The third-order valence-corrected chi connectivity index (χ3v) is 3.10. The highest BCUT2D eigenvalue weighted by Crippen LogP contribution is 2.26. The smallest absolute Gasteiger partial charge is 0.327 e. The van der Waals surface area contributed by atoms with E-state index in [-0.39, 0.29) is 16.5 Å². The largest absolute Gasteiger partial charge is 0.480 e. The van der Waals surface area contributed by atoms with Gasteiger partial charge in [-0.05, 0) is 6.07 Å². The molecule has 1 heterocycles. The number of carboxylic acid groups (broad SMARTS) is 1. The van der Waals surface area contributed by atoms with Crippen LogP contribution in [0.1, 0.15) is 6.92 Å². The first-order valence-electron chi connectivity index (χ1n) is 5.14. The molecule has 9 heteroatoms. The van der Waals surface area contributed by atoms with Gasteiger partial charge in [0.15, 0.2) is 5.03 Å². The van der Waals surface area contributed by atoms with E-state index in [1.54, 1.807) is 0 Å². The predicted octanol–water partition coefficient (Wildman–Crippen LogP) is 0.671. The fourth-order valence-electron chi connectivity index (χ4n) is 1.21. The summed E-state index contributed by atoms with van der Waals surface area (Å²) in [4.78, 5) is 35.7. The number of hydrogen-bond acceptors (Lipinski definition) is 6. The van der Waals surface area contributed by atoms with Gasteiger partial charge in [-0.15, -0.1) is 0 Å². The molecular formula is C10H11N3O5S. The Morgan fingerprint density at radius 1 is 1.63 bits per heavy atom. The van der Waals surface area contributed by atoms with E-state index in [1.807, 2.05) is 0 Å². The Hall–Kier alpha value is -2.16. The van der Waals surface area contributed by atoms with Gasteiger partial charge in [0.25, 0.3) is 0 Å². The molecule has 0 bridgehead atoms. The number of carbonyl (C=O) groups is 2. The molecule has 0 radical (unpaired) electrons. The minimum Gasteiger partial charge on any atom is -0.480 e. The zero-order chi connectivity index (χ0) is 14.4. The molecule has 1 rings (SSSR count). The molecule has 8 nitrogen and oxygen atoms in total. The van der Waals surface area contributed by atoms with Crippen LogP contribution in [0.5, 0.6) is 0 Å². The summed E-state index contributed by atoms with van der Waals surface area (Å²) in [7, 11) is 0. The zero-order valence-electron chi connectivity index (χ0n) is 9.90. The Balaban J connectivity index is 2.77. The van der Waals surface area contributed by atoms with Gasteiger partial charge < -0.3 is 10.4 Å². The zero-order valence-corrected chi connectivity index (χ0v) is 10.7. The lowest BCUT2D eigenvalue weighted by Gasteiger charge is -2.12. The van der Waals surface area contributed by atoms with Gasteiger partial charge in [0.05, 0.1) is 4.92 Å². The number of carboxylic acids is 1. The van der Waals surface area contributed by atoms with Gasteiger partial charge in [-0.3, -0.25) is 14.9 Å². The topological polar surface area (TPSA) is 122 Å². The number of nitro groups is 1. The van der Waals surface area contributed by atoms with Gasteiger partial charge in [0.1, 0.15) is 6.04 Å². The average molecular weight is 285 g/mol. The van der Waals surface area contributed by atoms with Crippen molar-refractivity contribution in [3.63, 3.8) is 0 Å². The normalized spacial score (nSPS) is 11.6. The Kier molecular flexibility index (Phi) is 5.24. The molecule has 1 unspecified atom stereocenters. The summed E-state index contributed by atoms with van der Waals surface area (Å²) in [5.41, 5.74) is -0.195. The van der Waals surface area contributed by atoms with Gasteiger partial charge in [-0.25, -0.2) is 9.78 Å². The lowest BCUT2D eigenvalue weighted by atomic mass is 10.3. The number of aliphatic carboxylic acids is 1. The number of carbonyl (C=O) groups excluding carboxylic acids is 1. The van der Waals surface area contributed by atoms with E-state index in [9.17, 15) is 19.7 Å². The van der Waals surface area contributed by atoms with Crippen molar-refractivity contribution < 1.29 is 19.6 Å². The van der Waals surface area contributed by atoms with Crippen molar-refractivity contribution in [2.75, 3.05) is 5.75 Å². The van der Waals surface area contributed by atoms with Crippen molar-refractivity contribution in [3.8, 4) is 0 Å². The Morgan fingerprint density at radius 3 is 2.84 bits per heavy atom. The monoisotopic (exact) mass is 285 g/mol. The van der Waals surface area contributed by atoms with Crippen molar-refractivity contribution in [1.82, 2.24) is 10.3 Å². The summed E-state index contributed by atoms with van der Waals surface area (Å²) in [5.74, 6) is -1.74. The number of nitrogens with one attached hydrogen (secondary N) is 1. The van der Waals surface area contributed by atoms with Gasteiger partial charge in [-0.1, -0.05) is 11.8 Å². The average Bonchev–Trinajstić information content (AvgIpc) is 2.34. The molecule has 0 saturated heterocycles. The number of amides is 1. The second-order valence-electron chi connectivity index (χ2n) is 3.49. The molecule has 102 valence electrons. The molecule has 1 atom stereocenters. The highest BCUT2D eigenvalue weighted by Gasteiger charge is 2.22. The second-order valence-corrected chi connectivity index (χ2v) is 4.50. The molecule has 1 aromatic heterocycles. The lowest BCUT2D eigenvalue weighted by Crippen LogP contribution is -2.41. The highest BCUT2D eigenvalue weighted by molar-refractivity contribution is 7.99. The summed E-state index contributed by atoms with van der Waals surface area (Å²) in [6.45, 7) is 1.20. The van der Waals surface area contributed by atoms with E-state index in [4.69, 9.17) is 5.11 Å². The summed E-state index contributed by atoms with van der Waals surface area (Å²) in [5, 5.41) is 22.0. The Morgan fingerprint density at radius 2 is 2.32 bits per heavy atom. The molecule has 0 aliphatic carbocycles. The summed E-state index contributed by atoms with van der Waals surface area (Å²) in [6.07, 6.45) is 1.38. The van der Waals surface area contributed by atoms with Crippen LogP contribution in [0.15, 0.2) is 23.4 Å². The van der Waals surface area contributed by atoms with Crippen LogP contribution < -0.4 is 5.32 Å². The molecule has 1 aromatic rings. The highest BCUT2D eigenvalue weighted by atomic mass is 32.2. The molecule has 19 heavy (non-hydrogen) atoms. The molecule has 0 aliphatic heterocycles. The maximum atomic E-state index is 10.9. The van der Waals surface area contributed by atoms with Gasteiger partial charge >= 0.3 is 11.7 Å². The van der Waals surface area contributed by atoms with E-state index in [0.29, 0.717) is 0 Å². The maximum Gasteiger partial charge on any atom is 0.327 e. The molecule has 1 amide bonds. The van der Waals surface area contributed by atoms with Crippen LogP contribution in [0.25, 0.3) is 0 Å². The maximum absolute atomic E-state index is 10.9. The predicted molar refractivity (Wildman–Crippen MR) is 66.9 cm³/mol. The Labute approximate surface area is 112 Å². The van der Waals surface area contributed by atoms with Crippen LogP contribution in [0.3, 0.4) is 0 Å². The van der Waals surface area contributed by atoms with E-state index in [2.05, 4.69) is 10.3 Å². The number of aromatic nitrogens is 1. The summed E-state index contributed by atoms with van der Waals surface area (Å²) >= 11 is 0.905. The number of hydrogen-bond donors (Lipinski definition) is 2. The third-order valence-electron chi connectivity index (χ3n) is 2.01. The first-order valence-corrected chi connectivity index (χ1v) is 6.12. The van der Waals surface area contributed by atoms with Crippen LogP contribution >= 0.6 is 11.8 Å². The second kappa shape index (κ2) is 6.69. The van der Waals surface area contributed by atoms with Crippen LogP contribution in [0.4, 0.5) is 5.69 Å². The minimum absolute atomic E-state index is 0.0488. The van der Waals surface area contributed by atoms with Crippen LogP contribution in [-0.2, 0) is 9.59 Å². The van der Waals surface area contributed by atoms with Crippen LogP contribution in [-0.4, -0.2) is 38.7 Å². The SMILES string of the molecule is CC(=O)NC(CSc1ncccc1[N+](=O)[O-])C(=O)O.